The van der Waals surface area contributed by atoms with E-state index >= 15 is 0 Å². The minimum Gasteiger partial charge on any atom is -0.493 e. The van der Waals surface area contributed by atoms with Crippen molar-refractivity contribution in [3.05, 3.63) is 60.2 Å². The lowest BCUT2D eigenvalue weighted by Gasteiger charge is -2.32. The molecule has 0 radical (unpaired) electrons. The summed E-state index contributed by atoms with van der Waals surface area (Å²) in [5, 5.41) is 0. The number of rotatable bonds is 5. The number of urea groups is 1. The summed E-state index contributed by atoms with van der Waals surface area (Å²) in [6, 6.07) is 15.3. The van der Waals surface area contributed by atoms with Gasteiger partial charge in [0.15, 0.2) is 0 Å². The highest BCUT2D eigenvalue weighted by atomic mass is 32.2. The van der Waals surface area contributed by atoms with Gasteiger partial charge >= 0.3 is 6.03 Å². The number of nitrogens with one attached hydrogen (secondary N) is 1. The van der Waals surface area contributed by atoms with E-state index < -0.39 is 16.1 Å². The van der Waals surface area contributed by atoms with Crippen molar-refractivity contribution < 1.29 is 17.9 Å². The molecule has 0 aromatic heterocycles. The van der Waals surface area contributed by atoms with Crippen LogP contribution >= 0.6 is 0 Å². The summed E-state index contributed by atoms with van der Waals surface area (Å²) in [5.41, 5.74) is 0.956. The van der Waals surface area contributed by atoms with Crippen molar-refractivity contribution in [2.24, 2.45) is 5.92 Å². The van der Waals surface area contributed by atoms with Crippen LogP contribution in [0.15, 0.2) is 59.5 Å². The minimum atomic E-state index is -3.87. The average molecular weight is 388 g/mol. The highest BCUT2D eigenvalue weighted by Crippen LogP contribution is 2.19. The summed E-state index contributed by atoms with van der Waals surface area (Å²) >= 11 is 0. The topological polar surface area (TPSA) is 75.7 Å². The van der Waals surface area contributed by atoms with Gasteiger partial charge in [-0.3, -0.25) is 0 Å². The Morgan fingerprint density at radius 3 is 2.56 bits per heavy atom. The first kappa shape index (κ1) is 19.2. The number of amides is 2. The van der Waals surface area contributed by atoms with Crippen LogP contribution in [0.3, 0.4) is 0 Å². The van der Waals surface area contributed by atoms with Crippen molar-refractivity contribution in [1.82, 2.24) is 9.62 Å². The summed E-state index contributed by atoms with van der Waals surface area (Å²) < 4.78 is 32.8. The molecular weight excluding hydrogens is 364 g/mol. The molecule has 6 nitrogen and oxygen atoms in total. The number of aryl methyl sites for hydroxylation is 1. The molecule has 1 heterocycles. The number of hydrogen-bond acceptors (Lipinski definition) is 4. The van der Waals surface area contributed by atoms with Gasteiger partial charge in [-0.25, -0.2) is 17.9 Å². The summed E-state index contributed by atoms with van der Waals surface area (Å²) in [6.45, 7) is 3.39. The minimum absolute atomic E-state index is 0.0856. The Morgan fingerprint density at radius 2 is 1.85 bits per heavy atom. The molecule has 0 bridgehead atoms. The number of hydrogen-bond donors (Lipinski definition) is 1. The average Bonchev–Trinajstić information content (AvgIpc) is 2.67. The smallest absolute Gasteiger partial charge is 0.331 e. The van der Waals surface area contributed by atoms with Crippen LogP contribution in [-0.2, 0) is 10.0 Å². The predicted molar refractivity (Wildman–Crippen MR) is 103 cm³/mol. The second kappa shape index (κ2) is 8.43. The van der Waals surface area contributed by atoms with Crippen LogP contribution in [0.4, 0.5) is 4.79 Å². The maximum absolute atomic E-state index is 12.5. The SMILES string of the molecule is Cc1ccc(S(=O)(=O)NC(=O)N2CCCC(COc3ccccc3)C2)cc1. The molecule has 1 aliphatic rings. The monoisotopic (exact) mass is 388 g/mol. The Morgan fingerprint density at radius 1 is 1.15 bits per heavy atom. The summed E-state index contributed by atoms with van der Waals surface area (Å²) in [7, 11) is -3.87. The van der Waals surface area contributed by atoms with E-state index in [1.165, 1.54) is 12.1 Å². The fraction of sp³-hybridized carbons (Fsp3) is 0.350. The van der Waals surface area contributed by atoms with Crippen molar-refractivity contribution in [3.63, 3.8) is 0 Å². The number of carbonyl (C=O) groups excluding carboxylic acids is 1. The zero-order chi connectivity index (χ0) is 19.3. The van der Waals surface area contributed by atoms with E-state index in [4.69, 9.17) is 4.74 Å². The number of carbonyl (C=O) groups is 1. The summed E-state index contributed by atoms with van der Waals surface area (Å²) in [6.07, 6.45) is 1.77. The van der Waals surface area contributed by atoms with E-state index in [9.17, 15) is 13.2 Å². The molecule has 7 heteroatoms. The van der Waals surface area contributed by atoms with Crippen LogP contribution in [0.5, 0.6) is 5.75 Å². The van der Waals surface area contributed by atoms with Crippen LogP contribution in [0, 0.1) is 12.8 Å². The van der Waals surface area contributed by atoms with Crippen molar-refractivity contribution >= 4 is 16.1 Å². The Hall–Kier alpha value is -2.54. The van der Waals surface area contributed by atoms with Crippen LogP contribution in [-0.4, -0.2) is 39.0 Å². The Labute approximate surface area is 160 Å². The first-order valence-corrected chi connectivity index (χ1v) is 10.5. The van der Waals surface area contributed by atoms with Gasteiger partial charge in [-0.1, -0.05) is 35.9 Å². The molecule has 0 spiro atoms. The van der Waals surface area contributed by atoms with E-state index in [0.717, 1.165) is 24.2 Å². The van der Waals surface area contributed by atoms with E-state index in [1.54, 1.807) is 17.0 Å². The normalized spacial score (nSPS) is 17.4. The Kier molecular flexibility index (Phi) is 6.01. The maximum Gasteiger partial charge on any atom is 0.331 e. The summed E-state index contributed by atoms with van der Waals surface area (Å²) in [4.78, 5) is 14.1. The molecule has 1 aliphatic heterocycles. The molecule has 0 saturated carbocycles. The fourth-order valence-electron chi connectivity index (χ4n) is 3.07. The number of para-hydroxylation sites is 1. The van der Waals surface area contributed by atoms with Crippen LogP contribution < -0.4 is 9.46 Å². The fourth-order valence-corrected chi connectivity index (χ4v) is 4.04. The second-order valence-corrected chi connectivity index (χ2v) is 8.48. The van der Waals surface area contributed by atoms with Gasteiger partial charge in [0.2, 0.25) is 0 Å². The first-order valence-electron chi connectivity index (χ1n) is 9.00. The van der Waals surface area contributed by atoms with Crippen molar-refractivity contribution in [3.8, 4) is 5.75 Å². The number of ether oxygens (including phenoxy) is 1. The second-order valence-electron chi connectivity index (χ2n) is 6.80. The molecule has 1 unspecified atom stereocenters. The number of likely N-dealkylation sites (tertiary alicyclic amines) is 1. The van der Waals surface area contributed by atoms with Gasteiger partial charge in [0.25, 0.3) is 10.0 Å². The molecule has 1 N–H and O–H groups in total. The van der Waals surface area contributed by atoms with Crippen molar-refractivity contribution in [1.29, 1.82) is 0 Å². The van der Waals surface area contributed by atoms with E-state index in [1.807, 2.05) is 37.3 Å². The van der Waals surface area contributed by atoms with Crippen LogP contribution in [0.2, 0.25) is 0 Å². The molecule has 27 heavy (non-hydrogen) atoms. The third-order valence-corrected chi connectivity index (χ3v) is 5.92. The maximum atomic E-state index is 12.5. The highest BCUT2D eigenvalue weighted by Gasteiger charge is 2.27. The standard InChI is InChI=1S/C20H24N2O4S/c1-16-9-11-19(12-10-16)27(24,25)21-20(23)22-13-5-6-17(14-22)15-26-18-7-3-2-4-8-18/h2-4,7-12,17H,5-6,13-15H2,1H3,(H,21,23). The highest BCUT2D eigenvalue weighted by molar-refractivity contribution is 7.90. The Bertz CT molecular complexity index is 867. The number of benzene rings is 2. The molecule has 1 atom stereocenters. The van der Waals surface area contributed by atoms with Crippen LogP contribution in [0.25, 0.3) is 0 Å². The van der Waals surface area contributed by atoms with Crippen molar-refractivity contribution in [2.45, 2.75) is 24.7 Å². The molecule has 2 amide bonds. The first-order chi connectivity index (χ1) is 12.9. The lowest BCUT2D eigenvalue weighted by molar-refractivity contribution is 0.140. The van der Waals surface area contributed by atoms with E-state index in [0.29, 0.717) is 19.7 Å². The van der Waals surface area contributed by atoms with Gasteiger partial charge in [0.1, 0.15) is 5.75 Å². The summed E-state index contributed by atoms with van der Waals surface area (Å²) in [5.74, 6) is 0.966. The van der Waals surface area contributed by atoms with Gasteiger partial charge in [0.05, 0.1) is 11.5 Å². The van der Waals surface area contributed by atoms with E-state index in [2.05, 4.69) is 4.72 Å². The molecule has 0 aliphatic carbocycles. The number of nitrogens with zero attached hydrogens (tertiary/aromatic N) is 1. The van der Waals surface area contributed by atoms with Crippen molar-refractivity contribution in [2.75, 3.05) is 19.7 Å². The van der Waals surface area contributed by atoms with Gasteiger partial charge in [-0.05, 0) is 44.0 Å². The lowest BCUT2D eigenvalue weighted by atomic mass is 9.99. The Balaban J connectivity index is 1.57. The lowest BCUT2D eigenvalue weighted by Crippen LogP contribution is -2.48. The van der Waals surface area contributed by atoms with Gasteiger partial charge < -0.3 is 9.64 Å². The third kappa shape index (κ3) is 5.23. The molecule has 144 valence electrons. The quantitative estimate of drug-likeness (QED) is 0.854. The number of sulfonamides is 1. The van der Waals surface area contributed by atoms with Gasteiger partial charge in [0, 0.05) is 19.0 Å². The molecule has 2 aromatic carbocycles. The third-order valence-electron chi connectivity index (χ3n) is 4.59. The van der Waals surface area contributed by atoms with Gasteiger partial charge in [-0.15, -0.1) is 0 Å². The molecular formula is C20H24N2O4S. The predicted octanol–water partition coefficient (Wildman–Crippen LogP) is 3.18. The molecule has 3 rings (SSSR count). The van der Waals surface area contributed by atoms with E-state index in [-0.39, 0.29) is 10.8 Å². The number of piperidine rings is 1. The van der Waals surface area contributed by atoms with Gasteiger partial charge in [-0.2, -0.15) is 0 Å². The molecule has 2 aromatic rings. The largest absolute Gasteiger partial charge is 0.493 e. The molecule has 1 fully saturated rings. The zero-order valence-electron chi connectivity index (χ0n) is 15.3. The zero-order valence-corrected chi connectivity index (χ0v) is 16.1. The van der Waals surface area contributed by atoms with Crippen LogP contribution in [0.1, 0.15) is 18.4 Å². The molecule has 1 saturated heterocycles.